The molecule has 120 valence electrons. The molecule has 1 rings (SSSR count). The van der Waals surface area contributed by atoms with Crippen molar-refractivity contribution < 1.29 is 9.47 Å². The van der Waals surface area contributed by atoms with Crippen LogP contribution in [-0.4, -0.2) is 26.3 Å². The van der Waals surface area contributed by atoms with E-state index in [0.717, 1.165) is 28.9 Å². The van der Waals surface area contributed by atoms with Crippen LogP contribution in [0.2, 0.25) is 0 Å². The van der Waals surface area contributed by atoms with Crippen LogP contribution in [0.1, 0.15) is 46.6 Å². The first-order valence-corrected chi connectivity index (χ1v) is 8.07. The van der Waals surface area contributed by atoms with Gasteiger partial charge in [-0.3, -0.25) is 0 Å². The van der Waals surface area contributed by atoms with Crippen molar-refractivity contribution in [1.29, 1.82) is 0 Å². The Morgan fingerprint density at radius 2 is 1.67 bits per heavy atom. The molecule has 21 heavy (non-hydrogen) atoms. The van der Waals surface area contributed by atoms with Gasteiger partial charge in [0.25, 0.3) is 0 Å². The molecule has 0 aromatic heterocycles. The van der Waals surface area contributed by atoms with Gasteiger partial charge in [0.2, 0.25) is 0 Å². The van der Waals surface area contributed by atoms with Gasteiger partial charge in [0.1, 0.15) is 16.0 Å². The Bertz CT molecular complexity index is 478. The first kappa shape index (κ1) is 18.3. The van der Waals surface area contributed by atoms with E-state index in [2.05, 4.69) is 61.9 Å². The van der Waals surface area contributed by atoms with E-state index >= 15 is 0 Å². The van der Waals surface area contributed by atoms with Crippen LogP contribution in [0.5, 0.6) is 11.5 Å². The van der Waals surface area contributed by atoms with Gasteiger partial charge in [-0.05, 0) is 61.1 Å². The summed E-state index contributed by atoms with van der Waals surface area (Å²) in [7, 11) is 3.37. The quantitative estimate of drug-likeness (QED) is 0.811. The van der Waals surface area contributed by atoms with E-state index in [1.54, 1.807) is 14.2 Å². The highest BCUT2D eigenvalue weighted by atomic mass is 79.9. The van der Waals surface area contributed by atoms with Gasteiger partial charge in [-0.1, -0.05) is 19.9 Å². The molecule has 0 spiro atoms. The van der Waals surface area contributed by atoms with Crippen LogP contribution >= 0.6 is 15.9 Å². The summed E-state index contributed by atoms with van der Waals surface area (Å²) in [5.41, 5.74) is 1.34. The van der Waals surface area contributed by atoms with Crippen molar-refractivity contribution in [2.24, 2.45) is 0 Å². The minimum atomic E-state index is 0.0123. The van der Waals surface area contributed by atoms with Crippen molar-refractivity contribution in [1.82, 2.24) is 5.32 Å². The van der Waals surface area contributed by atoms with Gasteiger partial charge in [-0.25, -0.2) is 0 Å². The number of halogens is 1. The first-order valence-electron chi connectivity index (χ1n) is 7.28. The zero-order valence-electron chi connectivity index (χ0n) is 14.3. The minimum absolute atomic E-state index is 0.0123. The molecule has 0 aliphatic heterocycles. The Hall–Kier alpha value is -0.740. The molecular formula is C17H28BrNO2. The fraction of sp³-hybridized carbons (Fsp3) is 0.647. The molecule has 1 N–H and O–H groups in total. The number of rotatable bonds is 6. The molecule has 0 radical (unpaired) electrons. The van der Waals surface area contributed by atoms with E-state index in [9.17, 15) is 0 Å². The fourth-order valence-electron chi connectivity index (χ4n) is 2.31. The number of methoxy groups -OCH3 is 2. The lowest BCUT2D eigenvalue weighted by Gasteiger charge is -2.30. The van der Waals surface area contributed by atoms with E-state index in [4.69, 9.17) is 9.47 Å². The third-order valence-electron chi connectivity index (χ3n) is 3.62. The molecule has 0 aliphatic rings. The summed E-state index contributed by atoms with van der Waals surface area (Å²) in [4.78, 5) is 0. The third-order valence-corrected chi connectivity index (χ3v) is 4.37. The van der Waals surface area contributed by atoms with Gasteiger partial charge in [-0.15, -0.1) is 0 Å². The van der Waals surface area contributed by atoms with Crippen LogP contribution in [0.4, 0.5) is 0 Å². The lowest BCUT2D eigenvalue weighted by Crippen LogP contribution is -2.38. The summed E-state index contributed by atoms with van der Waals surface area (Å²) >= 11 is 3.58. The van der Waals surface area contributed by atoms with Crippen molar-refractivity contribution in [2.75, 3.05) is 20.8 Å². The zero-order chi connectivity index (χ0) is 16.3. The molecule has 0 fully saturated rings. The van der Waals surface area contributed by atoms with Gasteiger partial charge in [0, 0.05) is 11.1 Å². The average Bonchev–Trinajstić information content (AvgIpc) is 2.36. The highest BCUT2D eigenvalue weighted by Crippen LogP contribution is 2.43. The minimum Gasteiger partial charge on any atom is -0.495 e. The molecule has 0 heterocycles. The number of nitrogens with one attached hydrogen (secondary N) is 1. The van der Waals surface area contributed by atoms with Crippen molar-refractivity contribution in [3.63, 3.8) is 0 Å². The monoisotopic (exact) mass is 357 g/mol. The van der Waals surface area contributed by atoms with Gasteiger partial charge >= 0.3 is 0 Å². The molecular weight excluding hydrogens is 330 g/mol. The molecule has 0 amide bonds. The molecule has 0 unspecified atom stereocenters. The molecule has 1 aromatic carbocycles. The Kier molecular flexibility index (Phi) is 6.11. The lowest BCUT2D eigenvalue weighted by atomic mass is 9.80. The second-order valence-electron chi connectivity index (χ2n) is 6.97. The van der Waals surface area contributed by atoms with E-state index in [1.807, 2.05) is 6.07 Å². The highest BCUT2D eigenvalue weighted by Gasteiger charge is 2.27. The topological polar surface area (TPSA) is 30.5 Å². The molecule has 0 aliphatic carbocycles. The maximum Gasteiger partial charge on any atom is 0.140 e. The van der Waals surface area contributed by atoms with Crippen molar-refractivity contribution in [3.8, 4) is 11.5 Å². The van der Waals surface area contributed by atoms with Crippen LogP contribution in [0.25, 0.3) is 0 Å². The summed E-state index contributed by atoms with van der Waals surface area (Å²) in [5, 5.41) is 3.55. The molecule has 3 nitrogen and oxygen atoms in total. The first-order chi connectivity index (χ1) is 9.62. The Morgan fingerprint density at radius 1 is 1.05 bits per heavy atom. The fourth-order valence-corrected chi connectivity index (χ4v) is 2.98. The van der Waals surface area contributed by atoms with Gasteiger partial charge in [-0.2, -0.15) is 0 Å². The van der Waals surface area contributed by atoms with Crippen LogP contribution in [-0.2, 0) is 5.41 Å². The van der Waals surface area contributed by atoms with Gasteiger partial charge in [0.15, 0.2) is 0 Å². The Balaban J connectivity index is 2.99. The molecule has 0 saturated heterocycles. The third kappa shape index (κ3) is 4.89. The highest BCUT2D eigenvalue weighted by molar-refractivity contribution is 9.10. The maximum atomic E-state index is 5.60. The maximum absolute atomic E-state index is 5.60. The van der Waals surface area contributed by atoms with Crippen molar-refractivity contribution in [3.05, 3.63) is 22.2 Å². The summed E-state index contributed by atoms with van der Waals surface area (Å²) in [6, 6.07) is 4.08. The van der Waals surface area contributed by atoms with Crippen molar-refractivity contribution >= 4 is 15.9 Å². The summed E-state index contributed by atoms with van der Waals surface area (Å²) in [6.07, 6.45) is 1.03. The Labute approximate surface area is 137 Å². The van der Waals surface area contributed by atoms with Gasteiger partial charge in [0.05, 0.1) is 14.2 Å². The van der Waals surface area contributed by atoms with Crippen LogP contribution in [0, 0.1) is 0 Å². The largest absolute Gasteiger partial charge is 0.495 e. The van der Waals surface area contributed by atoms with Crippen LogP contribution < -0.4 is 14.8 Å². The molecule has 0 bridgehead atoms. The standard InChI is InChI=1S/C17H28BrNO2/c1-16(2,3)19-11-10-17(4,5)12-8-9-13(20-6)14(18)15(12)21-7/h8-9,19H,10-11H2,1-7H3. The van der Waals surface area contributed by atoms with Crippen LogP contribution in [0.3, 0.4) is 0 Å². The predicted molar refractivity (Wildman–Crippen MR) is 92.6 cm³/mol. The van der Waals surface area contributed by atoms with Crippen LogP contribution in [0.15, 0.2) is 16.6 Å². The smallest absolute Gasteiger partial charge is 0.140 e. The summed E-state index contributed by atoms with van der Waals surface area (Å²) in [5.74, 6) is 1.65. The summed E-state index contributed by atoms with van der Waals surface area (Å²) < 4.78 is 11.8. The number of benzene rings is 1. The van der Waals surface area contributed by atoms with E-state index in [0.29, 0.717) is 0 Å². The SMILES string of the molecule is COc1ccc(C(C)(C)CCNC(C)(C)C)c(OC)c1Br. The summed E-state index contributed by atoms with van der Waals surface area (Å²) in [6.45, 7) is 12.0. The van der Waals surface area contributed by atoms with E-state index in [-0.39, 0.29) is 11.0 Å². The second-order valence-corrected chi connectivity index (χ2v) is 7.77. The molecule has 0 atom stereocenters. The number of hydrogen-bond acceptors (Lipinski definition) is 3. The molecule has 0 saturated carbocycles. The predicted octanol–water partition coefficient (Wildman–Crippen LogP) is 4.52. The molecule has 4 heteroatoms. The van der Waals surface area contributed by atoms with Gasteiger partial charge < -0.3 is 14.8 Å². The van der Waals surface area contributed by atoms with E-state index in [1.165, 1.54) is 5.56 Å². The number of hydrogen-bond donors (Lipinski definition) is 1. The lowest BCUT2D eigenvalue weighted by molar-refractivity contribution is 0.354. The molecule has 1 aromatic rings. The zero-order valence-corrected chi connectivity index (χ0v) is 15.8. The second kappa shape index (κ2) is 7.01. The normalized spacial score (nSPS) is 12.4. The van der Waals surface area contributed by atoms with E-state index < -0.39 is 0 Å². The van der Waals surface area contributed by atoms with Crippen molar-refractivity contribution in [2.45, 2.75) is 52.0 Å². The average molecular weight is 358 g/mol. The number of ether oxygens (including phenoxy) is 2. The Morgan fingerprint density at radius 3 is 2.14 bits per heavy atom.